The smallest absolute Gasteiger partial charge is 0.320 e. The molecule has 3 aliphatic rings. The number of carbonyl (C=O) groups is 6. The number of ketones is 3. The molecule has 0 saturated carbocycles. The Hall–Kier alpha value is -4.74. The fourth-order valence-corrected chi connectivity index (χ4v) is 8.56. The molecule has 0 aromatic carbocycles. The van der Waals surface area contributed by atoms with Crippen LogP contribution in [0.3, 0.4) is 0 Å². The van der Waals surface area contributed by atoms with Crippen LogP contribution in [0, 0.1) is 57.2 Å². The molecule has 3 aliphatic carbocycles. The third-order valence-corrected chi connectivity index (χ3v) is 11.5. The second-order valence-corrected chi connectivity index (χ2v) is 22.5. The van der Waals surface area contributed by atoms with Crippen molar-refractivity contribution >= 4 is 35.3 Å². The van der Waals surface area contributed by atoms with Gasteiger partial charge in [0.1, 0.15) is 35.1 Å². The van der Waals surface area contributed by atoms with Crippen LogP contribution in [0.2, 0.25) is 0 Å². The van der Waals surface area contributed by atoms with Gasteiger partial charge in [0.25, 0.3) is 0 Å². The average Bonchev–Trinajstić information content (AvgIpc) is 3.14. The molecule has 362 valence electrons. The molecular weight excluding hydrogens is 823 g/mol. The summed E-state index contributed by atoms with van der Waals surface area (Å²) in [7, 11) is 0. The normalized spacial score (nSPS) is 20.0. The number of ether oxygens (including phenoxy) is 3. The van der Waals surface area contributed by atoms with Crippen molar-refractivity contribution in [3.63, 3.8) is 0 Å². The molecule has 3 atom stereocenters. The van der Waals surface area contributed by atoms with Gasteiger partial charge in [-0.15, -0.1) is 0 Å². The van der Waals surface area contributed by atoms with Gasteiger partial charge in [-0.05, 0) is 109 Å². The number of Topliss-reactive ketones (excluding diaryl/α,β-unsaturated/α-hetero) is 3. The number of allylic oxidation sites excluding steroid dienone is 7. The van der Waals surface area contributed by atoms with Gasteiger partial charge in [0.15, 0.2) is 0 Å². The minimum Gasteiger partial charge on any atom is -0.465 e. The van der Waals surface area contributed by atoms with Crippen molar-refractivity contribution in [3.05, 3.63) is 70.3 Å². The Balaban J connectivity index is 2.04. The van der Waals surface area contributed by atoms with Crippen molar-refractivity contribution in [1.82, 2.24) is 16.0 Å². The molecule has 0 radical (unpaired) electrons. The Morgan fingerprint density at radius 1 is 0.523 bits per heavy atom. The van der Waals surface area contributed by atoms with Gasteiger partial charge in [-0.2, -0.15) is 0 Å². The number of rotatable bonds is 24. The van der Waals surface area contributed by atoms with Crippen LogP contribution >= 0.6 is 0 Å². The van der Waals surface area contributed by atoms with E-state index in [-0.39, 0.29) is 71.2 Å². The lowest BCUT2D eigenvalue weighted by Gasteiger charge is -2.37. The lowest BCUT2D eigenvalue weighted by Crippen LogP contribution is -2.47. The summed E-state index contributed by atoms with van der Waals surface area (Å²) in [4.78, 5) is 79.0. The van der Waals surface area contributed by atoms with E-state index >= 15 is 0 Å². The Bertz CT molecular complexity index is 1900. The summed E-state index contributed by atoms with van der Waals surface area (Å²) >= 11 is 0. The summed E-state index contributed by atoms with van der Waals surface area (Å²) in [6.45, 7) is 32.5. The van der Waals surface area contributed by atoms with Crippen LogP contribution in [0.5, 0.6) is 0 Å². The van der Waals surface area contributed by atoms with Crippen molar-refractivity contribution < 1.29 is 43.0 Å². The first-order valence-electron chi connectivity index (χ1n) is 23.4. The van der Waals surface area contributed by atoms with Gasteiger partial charge in [-0.25, -0.2) is 0 Å². The molecule has 12 heteroatoms. The molecule has 0 aliphatic heterocycles. The summed E-state index contributed by atoms with van der Waals surface area (Å²) < 4.78 is 16.7. The Morgan fingerprint density at radius 3 is 1.22 bits per heavy atom. The standard InChI is InChI=1S/C53H81N3O9/c1-32(2)26-63-47(60)44(35(7)57)38-17-41(23-50(10,11)20-38)54-29-53(16,30-55-42-18-39(21-51(12,13)24-42)45(36(8)58)48(61)64-27-33(3)4)31-56-43-19-40(22-52(14,15)25-43)46(37(9)59)49(62)65-28-34(5)6/h17-20,24-25,32-34,44-46,54-56H,21-23,26-31H2,1-16H3. The van der Waals surface area contributed by atoms with E-state index in [9.17, 15) is 28.8 Å². The fourth-order valence-electron chi connectivity index (χ4n) is 8.56. The number of carbonyl (C=O) groups excluding carboxylic acids is 6. The van der Waals surface area contributed by atoms with Gasteiger partial charge in [0.05, 0.1) is 19.8 Å². The summed E-state index contributed by atoms with van der Waals surface area (Å²) in [6, 6.07) is 0. The highest BCUT2D eigenvalue weighted by Gasteiger charge is 2.38. The molecule has 0 amide bonds. The molecule has 12 nitrogen and oxygen atoms in total. The molecule has 0 fully saturated rings. The van der Waals surface area contributed by atoms with Crippen LogP contribution in [0.15, 0.2) is 70.3 Å². The SMILES string of the molecule is CC(=O)C(C(=O)OCC(C)C)C1=CC(C)(C)CC(NCC(C)(CNC2=CC(C)(C)CC(C(C(C)=O)C(=O)OCC(C)C)=C2)CNC2=CC(C)(C)CC(C(C(C)=O)C(=O)OCC(C)C)=C2)=C1. The molecular formula is C53H81N3O9. The third kappa shape index (κ3) is 17.2. The maximum Gasteiger partial charge on any atom is 0.320 e. The molecule has 3 unspecified atom stereocenters. The summed E-state index contributed by atoms with van der Waals surface area (Å²) in [5, 5.41) is 11.0. The van der Waals surface area contributed by atoms with Crippen molar-refractivity contribution in [2.24, 2.45) is 57.2 Å². The molecule has 3 rings (SSSR count). The number of hydrogen-bond acceptors (Lipinski definition) is 12. The number of hydrogen-bond donors (Lipinski definition) is 3. The highest BCUT2D eigenvalue weighted by molar-refractivity contribution is 6.02. The van der Waals surface area contributed by atoms with Gasteiger partial charge in [-0.1, -0.05) is 108 Å². The molecule has 0 bridgehead atoms. The van der Waals surface area contributed by atoms with E-state index in [1.54, 1.807) is 0 Å². The monoisotopic (exact) mass is 904 g/mol. The average molecular weight is 904 g/mol. The minimum absolute atomic E-state index is 0.120. The predicted octanol–water partition coefficient (Wildman–Crippen LogP) is 8.70. The zero-order valence-corrected chi connectivity index (χ0v) is 42.5. The number of esters is 3. The fraction of sp³-hybridized carbons (Fsp3) is 0.660. The highest BCUT2D eigenvalue weighted by atomic mass is 16.5. The van der Waals surface area contributed by atoms with Crippen LogP contribution in [0.4, 0.5) is 0 Å². The summed E-state index contributed by atoms with van der Waals surface area (Å²) in [5.41, 5.74) is 2.73. The summed E-state index contributed by atoms with van der Waals surface area (Å²) in [6.07, 6.45) is 13.6. The van der Waals surface area contributed by atoms with E-state index in [1.807, 2.05) is 65.8 Å². The molecule has 3 N–H and O–H groups in total. The van der Waals surface area contributed by atoms with Crippen molar-refractivity contribution in [1.29, 1.82) is 0 Å². The molecule has 0 spiro atoms. The van der Waals surface area contributed by atoms with E-state index in [2.05, 4.69) is 76.6 Å². The van der Waals surface area contributed by atoms with Crippen molar-refractivity contribution in [2.75, 3.05) is 39.5 Å². The predicted molar refractivity (Wildman–Crippen MR) is 256 cm³/mol. The highest BCUT2D eigenvalue weighted by Crippen LogP contribution is 2.40. The Kier molecular flexibility index (Phi) is 19.0. The lowest BCUT2D eigenvalue weighted by atomic mass is 9.75. The minimum atomic E-state index is -1.05. The Morgan fingerprint density at radius 2 is 0.862 bits per heavy atom. The van der Waals surface area contributed by atoms with Gasteiger partial charge in [0, 0.05) is 42.1 Å². The second kappa shape index (κ2) is 22.6. The second-order valence-electron chi connectivity index (χ2n) is 22.5. The van der Waals surface area contributed by atoms with Crippen molar-refractivity contribution in [3.8, 4) is 0 Å². The zero-order chi connectivity index (χ0) is 49.2. The van der Waals surface area contributed by atoms with Gasteiger partial charge < -0.3 is 30.2 Å². The van der Waals surface area contributed by atoms with E-state index < -0.39 is 41.1 Å². The van der Waals surface area contributed by atoms with E-state index in [4.69, 9.17) is 14.2 Å². The van der Waals surface area contributed by atoms with Gasteiger partial charge >= 0.3 is 17.9 Å². The van der Waals surface area contributed by atoms with E-state index in [0.717, 1.165) is 17.1 Å². The first-order valence-corrected chi connectivity index (χ1v) is 23.4. The first-order chi connectivity index (χ1) is 29.9. The largest absolute Gasteiger partial charge is 0.465 e. The molecule has 0 aromatic heterocycles. The quantitative estimate of drug-likeness (QED) is 0.0480. The van der Waals surface area contributed by atoms with Gasteiger partial charge in [-0.3, -0.25) is 28.8 Å². The molecule has 0 aromatic rings. The zero-order valence-electron chi connectivity index (χ0n) is 42.5. The third-order valence-electron chi connectivity index (χ3n) is 11.5. The maximum absolute atomic E-state index is 13.3. The van der Waals surface area contributed by atoms with Crippen LogP contribution in [0.1, 0.15) is 130 Å². The van der Waals surface area contributed by atoms with Crippen LogP contribution in [-0.2, 0) is 43.0 Å². The van der Waals surface area contributed by atoms with Gasteiger partial charge in [0.2, 0.25) is 0 Å². The topological polar surface area (TPSA) is 166 Å². The van der Waals surface area contributed by atoms with E-state index in [1.165, 1.54) is 20.8 Å². The Labute approximate surface area is 390 Å². The summed E-state index contributed by atoms with van der Waals surface area (Å²) in [5.74, 6) is -5.17. The van der Waals surface area contributed by atoms with Crippen LogP contribution < -0.4 is 16.0 Å². The molecule has 0 saturated heterocycles. The molecule has 65 heavy (non-hydrogen) atoms. The lowest BCUT2D eigenvalue weighted by molar-refractivity contribution is -0.152. The van der Waals surface area contributed by atoms with E-state index in [0.29, 0.717) is 55.6 Å². The van der Waals surface area contributed by atoms with Crippen LogP contribution in [0.25, 0.3) is 0 Å². The van der Waals surface area contributed by atoms with Crippen LogP contribution in [-0.4, -0.2) is 74.7 Å². The molecule has 0 heterocycles. The first kappa shape index (κ1) is 54.6. The number of nitrogens with one attached hydrogen (secondary N) is 3. The maximum atomic E-state index is 13.3. The van der Waals surface area contributed by atoms with Crippen molar-refractivity contribution in [2.45, 2.75) is 130 Å².